The molecule has 2 aromatic rings. The van der Waals surface area contributed by atoms with Crippen LogP contribution in [0.2, 0.25) is 0 Å². The summed E-state index contributed by atoms with van der Waals surface area (Å²) in [6, 6.07) is 0. The summed E-state index contributed by atoms with van der Waals surface area (Å²) in [5, 5.41) is 3.85. The second kappa shape index (κ2) is 6.59. The van der Waals surface area contributed by atoms with E-state index in [2.05, 4.69) is 20.1 Å². The average molecular weight is 406 g/mol. The van der Waals surface area contributed by atoms with E-state index in [1.54, 1.807) is 31.9 Å². The molecule has 10 nitrogen and oxygen atoms in total. The number of likely N-dealkylation sites (tertiary alicyclic amines) is 1. The number of carbonyl (C=O) groups is 1. The monoisotopic (exact) mass is 406 g/mol. The van der Waals surface area contributed by atoms with Gasteiger partial charge in [-0.2, -0.15) is 4.98 Å². The fourth-order valence-corrected chi connectivity index (χ4v) is 5.15. The number of sulfonamides is 1. The van der Waals surface area contributed by atoms with Gasteiger partial charge in [-0.15, -0.1) is 0 Å². The Morgan fingerprint density at radius 2 is 2.00 bits per heavy atom. The topological polar surface area (TPSA) is 122 Å². The van der Waals surface area contributed by atoms with Crippen molar-refractivity contribution < 1.29 is 17.7 Å². The standard InChI is InChI=1S/C17H22N6O4S/c1-4-28(25,26)23-7-13(15-20-12(3)21-27-15)17(10-23)8-22(9-17)16(24)14-6-18-11(2)5-19-14/h5-6,13H,4,7-10H2,1-3H3. The van der Waals surface area contributed by atoms with E-state index in [9.17, 15) is 13.2 Å². The van der Waals surface area contributed by atoms with Gasteiger partial charge >= 0.3 is 0 Å². The van der Waals surface area contributed by atoms with Crippen LogP contribution in [0.5, 0.6) is 0 Å². The first-order valence-corrected chi connectivity index (χ1v) is 10.7. The zero-order valence-corrected chi connectivity index (χ0v) is 16.8. The highest BCUT2D eigenvalue weighted by Gasteiger charge is 2.59. The summed E-state index contributed by atoms with van der Waals surface area (Å²) in [6.07, 6.45) is 3.02. The first kappa shape index (κ1) is 18.9. The van der Waals surface area contributed by atoms with E-state index in [0.717, 1.165) is 5.69 Å². The number of carbonyl (C=O) groups excluding carboxylic acids is 1. The maximum absolute atomic E-state index is 12.7. The number of amides is 1. The van der Waals surface area contributed by atoms with E-state index < -0.39 is 15.4 Å². The number of aryl methyl sites for hydroxylation is 2. The maximum atomic E-state index is 12.7. The maximum Gasteiger partial charge on any atom is 0.274 e. The second-order valence-corrected chi connectivity index (χ2v) is 9.75. The Labute approximate surface area is 163 Å². The van der Waals surface area contributed by atoms with Crippen LogP contribution in [0.4, 0.5) is 0 Å². The molecule has 4 rings (SSSR count). The predicted octanol–water partition coefficient (Wildman–Crippen LogP) is 0.368. The van der Waals surface area contributed by atoms with Crippen LogP contribution in [0.15, 0.2) is 16.9 Å². The minimum atomic E-state index is -3.36. The Hall–Kier alpha value is -2.40. The van der Waals surface area contributed by atoms with Gasteiger partial charge in [-0.25, -0.2) is 17.7 Å². The van der Waals surface area contributed by atoms with Gasteiger partial charge < -0.3 is 9.42 Å². The van der Waals surface area contributed by atoms with Crippen LogP contribution in [0.1, 0.15) is 40.7 Å². The summed E-state index contributed by atoms with van der Waals surface area (Å²) >= 11 is 0. The van der Waals surface area contributed by atoms with Gasteiger partial charge in [-0.1, -0.05) is 5.16 Å². The molecule has 2 aromatic heterocycles. The molecule has 2 aliphatic heterocycles. The summed E-state index contributed by atoms with van der Waals surface area (Å²) < 4.78 is 31.7. The van der Waals surface area contributed by atoms with Crippen LogP contribution in [0.3, 0.4) is 0 Å². The molecule has 2 aliphatic rings. The lowest BCUT2D eigenvalue weighted by Crippen LogP contribution is -2.61. The third-order valence-electron chi connectivity index (χ3n) is 5.52. The van der Waals surface area contributed by atoms with Crippen molar-refractivity contribution >= 4 is 15.9 Å². The van der Waals surface area contributed by atoms with Crippen molar-refractivity contribution in [1.29, 1.82) is 0 Å². The van der Waals surface area contributed by atoms with Gasteiger partial charge in [0.25, 0.3) is 5.91 Å². The number of nitrogens with zero attached hydrogens (tertiary/aromatic N) is 6. The Morgan fingerprint density at radius 1 is 1.25 bits per heavy atom. The van der Waals surface area contributed by atoms with Gasteiger partial charge in [0.15, 0.2) is 5.82 Å². The van der Waals surface area contributed by atoms with Gasteiger partial charge in [0.2, 0.25) is 15.9 Å². The summed E-state index contributed by atoms with van der Waals surface area (Å²) in [4.78, 5) is 27.0. The Kier molecular flexibility index (Phi) is 4.46. The summed E-state index contributed by atoms with van der Waals surface area (Å²) in [7, 11) is -3.36. The molecule has 0 N–H and O–H groups in total. The van der Waals surface area contributed by atoms with Gasteiger partial charge in [0.1, 0.15) is 5.69 Å². The van der Waals surface area contributed by atoms with Crippen LogP contribution >= 0.6 is 0 Å². The van der Waals surface area contributed by atoms with Gasteiger partial charge in [0.05, 0.1) is 23.6 Å². The highest BCUT2D eigenvalue weighted by Crippen LogP contribution is 2.49. The molecule has 2 fully saturated rings. The van der Waals surface area contributed by atoms with Crippen molar-refractivity contribution in [2.75, 3.05) is 31.9 Å². The summed E-state index contributed by atoms with van der Waals surface area (Å²) in [6.45, 7) is 6.58. The number of hydrogen-bond donors (Lipinski definition) is 0. The van der Waals surface area contributed by atoms with Crippen molar-refractivity contribution in [2.24, 2.45) is 5.41 Å². The fraction of sp³-hybridized carbons (Fsp3) is 0.588. The fourth-order valence-electron chi connectivity index (χ4n) is 3.96. The zero-order valence-electron chi connectivity index (χ0n) is 16.0. The lowest BCUT2D eigenvalue weighted by Gasteiger charge is -2.49. The molecule has 2 saturated heterocycles. The van der Waals surface area contributed by atoms with E-state index in [1.165, 1.54) is 10.5 Å². The van der Waals surface area contributed by atoms with Crippen molar-refractivity contribution in [3.63, 3.8) is 0 Å². The highest BCUT2D eigenvalue weighted by atomic mass is 32.2. The van der Waals surface area contributed by atoms with E-state index in [0.29, 0.717) is 31.3 Å². The summed E-state index contributed by atoms with van der Waals surface area (Å²) in [5.41, 5.74) is 0.580. The number of hydrogen-bond acceptors (Lipinski definition) is 8. The zero-order chi connectivity index (χ0) is 20.1. The number of aromatic nitrogens is 4. The third kappa shape index (κ3) is 3.08. The van der Waals surface area contributed by atoms with Crippen molar-refractivity contribution in [2.45, 2.75) is 26.7 Å². The number of rotatable bonds is 4. The van der Waals surface area contributed by atoms with Crippen LogP contribution in [-0.4, -0.2) is 75.6 Å². The molecule has 11 heteroatoms. The predicted molar refractivity (Wildman–Crippen MR) is 97.9 cm³/mol. The first-order chi connectivity index (χ1) is 13.2. The van der Waals surface area contributed by atoms with E-state index in [1.807, 2.05) is 0 Å². The largest absolute Gasteiger partial charge is 0.339 e. The smallest absolute Gasteiger partial charge is 0.274 e. The molecule has 0 aliphatic carbocycles. The Bertz CT molecular complexity index is 997. The normalized spacial score (nSPS) is 21.8. The summed E-state index contributed by atoms with van der Waals surface area (Å²) in [5.74, 6) is 0.497. The minimum Gasteiger partial charge on any atom is -0.339 e. The lowest BCUT2D eigenvalue weighted by molar-refractivity contribution is 0.000836. The van der Waals surface area contributed by atoms with E-state index >= 15 is 0 Å². The van der Waals surface area contributed by atoms with Crippen molar-refractivity contribution in [1.82, 2.24) is 29.3 Å². The van der Waals surface area contributed by atoms with E-state index in [-0.39, 0.29) is 29.8 Å². The molecule has 4 heterocycles. The minimum absolute atomic E-state index is 0.0280. The molecule has 0 saturated carbocycles. The molecular formula is C17H22N6O4S. The average Bonchev–Trinajstić information content (AvgIpc) is 3.24. The Morgan fingerprint density at radius 3 is 2.57 bits per heavy atom. The molecule has 0 aromatic carbocycles. The van der Waals surface area contributed by atoms with Gasteiger partial charge in [-0.3, -0.25) is 9.78 Å². The van der Waals surface area contributed by atoms with Gasteiger partial charge in [0, 0.05) is 37.8 Å². The highest BCUT2D eigenvalue weighted by molar-refractivity contribution is 7.89. The first-order valence-electron chi connectivity index (χ1n) is 9.10. The lowest BCUT2D eigenvalue weighted by atomic mass is 9.71. The molecule has 0 radical (unpaired) electrons. The third-order valence-corrected chi connectivity index (χ3v) is 7.31. The molecule has 150 valence electrons. The van der Waals surface area contributed by atoms with Gasteiger partial charge in [-0.05, 0) is 20.8 Å². The molecular weight excluding hydrogens is 384 g/mol. The van der Waals surface area contributed by atoms with Crippen molar-refractivity contribution in [3.05, 3.63) is 35.5 Å². The van der Waals surface area contributed by atoms with Crippen molar-refractivity contribution in [3.8, 4) is 0 Å². The van der Waals surface area contributed by atoms with E-state index in [4.69, 9.17) is 4.52 Å². The molecule has 1 atom stereocenters. The van der Waals surface area contributed by atoms with Crippen LogP contribution in [0, 0.1) is 19.3 Å². The van der Waals surface area contributed by atoms with Crippen LogP contribution in [-0.2, 0) is 10.0 Å². The molecule has 1 spiro atoms. The SMILES string of the molecule is CCS(=O)(=O)N1CC(c2nc(C)no2)C2(CN(C(=O)c3cnc(C)cn3)C2)C1. The molecule has 1 unspecified atom stereocenters. The van der Waals surface area contributed by atoms with Crippen LogP contribution in [0.25, 0.3) is 0 Å². The van der Waals surface area contributed by atoms with Crippen LogP contribution < -0.4 is 0 Å². The molecule has 0 bridgehead atoms. The second-order valence-electron chi connectivity index (χ2n) is 7.49. The quantitative estimate of drug-likeness (QED) is 0.714. The molecule has 1 amide bonds. The Balaban J connectivity index is 1.58. The molecule has 28 heavy (non-hydrogen) atoms.